The fraction of sp³-hybridized carbons (Fsp3) is 0.571. The van der Waals surface area contributed by atoms with E-state index in [0.717, 1.165) is 12.6 Å². The molecule has 2 saturated heterocycles. The molecule has 26 heavy (non-hydrogen) atoms. The minimum Gasteiger partial charge on any atom is -0.464 e. The number of piperidine rings is 2. The van der Waals surface area contributed by atoms with Crippen molar-refractivity contribution in [2.24, 2.45) is 5.92 Å². The van der Waals surface area contributed by atoms with Gasteiger partial charge in [0.15, 0.2) is 0 Å². The van der Waals surface area contributed by atoms with Gasteiger partial charge in [0.05, 0.1) is 51.1 Å². The van der Waals surface area contributed by atoms with E-state index in [9.17, 15) is 4.79 Å². The molecule has 138 valence electrons. The van der Waals surface area contributed by atoms with Crippen LogP contribution in [0.2, 0.25) is 0 Å². The number of furan rings is 1. The van der Waals surface area contributed by atoms with Crippen molar-refractivity contribution >= 4 is 0 Å². The molecule has 0 amide bonds. The molecular formula is C21H29N3O2+2. The molecule has 1 unspecified atom stereocenters. The molecule has 5 heteroatoms. The number of rotatable bonds is 2. The molecule has 5 nitrogen and oxygen atoms in total. The third kappa shape index (κ3) is 2.74. The van der Waals surface area contributed by atoms with Crippen molar-refractivity contribution in [1.29, 1.82) is 0 Å². The second kappa shape index (κ2) is 6.39. The van der Waals surface area contributed by atoms with E-state index >= 15 is 0 Å². The summed E-state index contributed by atoms with van der Waals surface area (Å²) in [7, 11) is 2.32. The monoisotopic (exact) mass is 355 g/mol. The Balaban J connectivity index is 1.43. The molecule has 0 aromatic carbocycles. The molecular weight excluding hydrogens is 326 g/mol. The predicted molar refractivity (Wildman–Crippen MR) is 99.6 cm³/mol. The molecule has 3 atom stereocenters. The quantitative estimate of drug-likeness (QED) is 0.783. The van der Waals surface area contributed by atoms with E-state index in [-0.39, 0.29) is 5.56 Å². The highest BCUT2D eigenvalue weighted by molar-refractivity contribution is 5.56. The molecule has 0 spiro atoms. The summed E-state index contributed by atoms with van der Waals surface area (Å²) in [5.41, 5.74) is 2.07. The van der Waals surface area contributed by atoms with E-state index < -0.39 is 0 Å². The van der Waals surface area contributed by atoms with Crippen molar-refractivity contribution in [3.8, 4) is 11.3 Å². The lowest BCUT2D eigenvalue weighted by Gasteiger charge is -2.44. The molecule has 2 aromatic rings. The summed E-state index contributed by atoms with van der Waals surface area (Å²) >= 11 is 0. The first kappa shape index (κ1) is 16.3. The van der Waals surface area contributed by atoms with Crippen LogP contribution in [0.25, 0.3) is 11.3 Å². The highest BCUT2D eigenvalue weighted by Crippen LogP contribution is 2.31. The smallest absolute Gasteiger partial charge is 0.261 e. The van der Waals surface area contributed by atoms with Gasteiger partial charge in [0.25, 0.3) is 5.56 Å². The highest BCUT2D eigenvalue weighted by atomic mass is 16.3. The van der Waals surface area contributed by atoms with Gasteiger partial charge < -0.3 is 18.8 Å². The number of quaternary nitrogens is 2. The summed E-state index contributed by atoms with van der Waals surface area (Å²) in [5, 5.41) is 0. The average molecular weight is 355 g/mol. The molecule has 2 N–H and O–H groups in total. The topological polar surface area (TPSA) is 44.0 Å². The molecule has 0 saturated carbocycles. The van der Waals surface area contributed by atoms with E-state index in [2.05, 4.69) is 13.1 Å². The number of nitrogens with one attached hydrogen (secondary N) is 2. The van der Waals surface area contributed by atoms with E-state index in [1.54, 1.807) is 16.1 Å². The first-order chi connectivity index (χ1) is 12.7. The van der Waals surface area contributed by atoms with Gasteiger partial charge in [-0.05, 0) is 30.7 Å². The van der Waals surface area contributed by atoms with Gasteiger partial charge in [-0.25, -0.2) is 0 Å². The zero-order valence-electron chi connectivity index (χ0n) is 15.5. The molecule has 3 aliphatic rings. The zero-order chi connectivity index (χ0) is 17.7. The van der Waals surface area contributed by atoms with Crippen molar-refractivity contribution in [2.75, 3.05) is 33.2 Å². The van der Waals surface area contributed by atoms with Crippen LogP contribution in [0.15, 0.2) is 39.7 Å². The van der Waals surface area contributed by atoms with Gasteiger partial charge in [-0.1, -0.05) is 0 Å². The standard InChI is InChI=1S/C21H27N3O2/c1-22-8-6-17(7-9-22)23-12-15-11-16(14-23)19-5-4-18(20-3-2-10-26-20)21(25)24(19)13-15/h2-5,10,15-17H,6-9,11-14H2,1H3/p+2/t15-,16+/m0/s1. The maximum Gasteiger partial charge on any atom is 0.261 e. The summed E-state index contributed by atoms with van der Waals surface area (Å²) in [6.45, 7) is 5.93. The number of fused-ring (bicyclic) bond motifs is 4. The Hall–Kier alpha value is -1.85. The molecule has 5 heterocycles. The number of pyridine rings is 1. The minimum atomic E-state index is 0.124. The largest absolute Gasteiger partial charge is 0.464 e. The Labute approximate surface area is 154 Å². The van der Waals surface area contributed by atoms with Crippen LogP contribution in [0.4, 0.5) is 0 Å². The van der Waals surface area contributed by atoms with Gasteiger partial charge in [0.2, 0.25) is 0 Å². The van der Waals surface area contributed by atoms with Crippen molar-refractivity contribution in [1.82, 2.24) is 4.57 Å². The lowest BCUT2D eigenvalue weighted by molar-refractivity contribution is -0.959. The van der Waals surface area contributed by atoms with E-state index in [1.165, 1.54) is 51.1 Å². The summed E-state index contributed by atoms with van der Waals surface area (Å²) in [6.07, 6.45) is 5.59. The first-order valence-electron chi connectivity index (χ1n) is 10.1. The maximum absolute atomic E-state index is 13.1. The summed E-state index contributed by atoms with van der Waals surface area (Å²) in [6, 6.07) is 8.70. The lowest BCUT2D eigenvalue weighted by Crippen LogP contribution is -3.21. The summed E-state index contributed by atoms with van der Waals surface area (Å²) in [4.78, 5) is 16.5. The average Bonchev–Trinajstić information content (AvgIpc) is 3.17. The van der Waals surface area contributed by atoms with Crippen LogP contribution in [0.5, 0.6) is 0 Å². The SMILES string of the molecule is C[NH+]1CCC([NH+]2C[C@@H]3C[C@H](C2)c2ccc(-c4ccco4)c(=O)n2C3)CC1. The number of hydrogen-bond acceptors (Lipinski definition) is 2. The van der Waals surface area contributed by atoms with Crippen LogP contribution in [0.1, 0.15) is 30.9 Å². The molecule has 2 aromatic heterocycles. The number of hydrogen-bond donors (Lipinski definition) is 2. The Morgan fingerprint density at radius 2 is 2.00 bits per heavy atom. The number of likely N-dealkylation sites (tertiary alicyclic amines) is 2. The van der Waals surface area contributed by atoms with Crippen LogP contribution in [-0.4, -0.2) is 43.8 Å². The molecule has 5 rings (SSSR count). The van der Waals surface area contributed by atoms with Gasteiger partial charge in [-0.3, -0.25) is 4.79 Å². The van der Waals surface area contributed by atoms with Crippen LogP contribution in [0.3, 0.4) is 0 Å². The van der Waals surface area contributed by atoms with Crippen molar-refractivity contribution in [2.45, 2.75) is 37.8 Å². The highest BCUT2D eigenvalue weighted by Gasteiger charge is 2.41. The van der Waals surface area contributed by atoms with Gasteiger partial charge in [0.1, 0.15) is 5.76 Å². The maximum atomic E-state index is 13.1. The Morgan fingerprint density at radius 3 is 2.77 bits per heavy atom. The van der Waals surface area contributed by atoms with Crippen LogP contribution < -0.4 is 15.4 Å². The normalized spacial score (nSPS) is 33.7. The van der Waals surface area contributed by atoms with Gasteiger partial charge in [-0.15, -0.1) is 0 Å². The third-order valence-corrected chi connectivity index (χ3v) is 6.95. The number of nitrogens with zero attached hydrogens (tertiary/aromatic N) is 1. The lowest BCUT2D eigenvalue weighted by atomic mass is 9.81. The van der Waals surface area contributed by atoms with E-state index in [0.29, 0.717) is 23.2 Å². The molecule has 0 aliphatic carbocycles. The molecule has 2 bridgehead atoms. The summed E-state index contributed by atoms with van der Waals surface area (Å²) in [5.74, 6) is 1.85. The zero-order valence-corrected chi connectivity index (χ0v) is 15.5. The molecule has 2 fully saturated rings. The van der Waals surface area contributed by atoms with Gasteiger partial charge in [-0.2, -0.15) is 0 Å². The summed E-state index contributed by atoms with van der Waals surface area (Å²) < 4.78 is 7.52. The van der Waals surface area contributed by atoms with Crippen molar-refractivity contribution in [3.05, 3.63) is 46.6 Å². The second-order valence-electron chi connectivity index (χ2n) is 8.66. The predicted octanol–water partition coefficient (Wildman–Crippen LogP) is -0.213. The van der Waals surface area contributed by atoms with Gasteiger partial charge >= 0.3 is 0 Å². The van der Waals surface area contributed by atoms with E-state index in [4.69, 9.17) is 4.42 Å². The fourth-order valence-electron chi connectivity index (χ4n) is 5.57. The first-order valence-corrected chi connectivity index (χ1v) is 10.1. The molecule has 3 aliphatic heterocycles. The van der Waals surface area contributed by atoms with Gasteiger partial charge in [0, 0.05) is 36.9 Å². The second-order valence-corrected chi connectivity index (χ2v) is 8.66. The molecule has 0 radical (unpaired) electrons. The van der Waals surface area contributed by atoms with E-state index in [1.807, 2.05) is 22.8 Å². The Kier molecular flexibility index (Phi) is 4.02. The van der Waals surface area contributed by atoms with Crippen LogP contribution in [0, 0.1) is 5.92 Å². The number of aromatic nitrogens is 1. The van der Waals surface area contributed by atoms with Crippen molar-refractivity contribution < 1.29 is 14.2 Å². The Morgan fingerprint density at radius 1 is 1.15 bits per heavy atom. The Bertz CT molecular complexity index is 833. The third-order valence-electron chi connectivity index (χ3n) is 6.95. The van der Waals surface area contributed by atoms with Crippen molar-refractivity contribution in [3.63, 3.8) is 0 Å². The van der Waals surface area contributed by atoms with Crippen LogP contribution in [-0.2, 0) is 6.54 Å². The minimum absolute atomic E-state index is 0.124. The fourth-order valence-corrected chi connectivity index (χ4v) is 5.57. The van der Waals surface area contributed by atoms with Crippen LogP contribution >= 0.6 is 0 Å².